The van der Waals surface area contributed by atoms with Gasteiger partial charge in [-0.05, 0) is 38.0 Å². The molecule has 0 aliphatic heterocycles. The van der Waals surface area contributed by atoms with Crippen LogP contribution in [0.3, 0.4) is 0 Å². The Labute approximate surface area is 101 Å². The van der Waals surface area contributed by atoms with E-state index in [1.807, 2.05) is 26.0 Å². The van der Waals surface area contributed by atoms with Crippen molar-refractivity contribution in [3.63, 3.8) is 0 Å². The molecule has 16 heavy (non-hydrogen) atoms. The fourth-order valence-electron chi connectivity index (χ4n) is 2.06. The maximum atomic E-state index is 9.06. The Morgan fingerprint density at radius 3 is 2.75 bits per heavy atom. The Hall–Kier alpha value is -1.20. The highest BCUT2D eigenvalue weighted by molar-refractivity contribution is 6.31. The number of hydrogen-bond acceptors (Lipinski definition) is 2. The van der Waals surface area contributed by atoms with E-state index >= 15 is 0 Å². The van der Waals surface area contributed by atoms with E-state index in [4.69, 9.17) is 21.6 Å². The van der Waals surface area contributed by atoms with Crippen molar-refractivity contribution in [1.82, 2.24) is 0 Å². The highest BCUT2D eigenvalue weighted by atomic mass is 35.5. The summed E-state index contributed by atoms with van der Waals surface area (Å²) in [6.07, 6.45) is 0.888. The second-order valence-corrected chi connectivity index (χ2v) is 5.04. The molecular weight excluding hydrogens is 222 g/mol. The van der Waals surface area contributed by atoms with Gasteiger partial charge in [-0.15, -0.1) is 0 Å². The van der Waals surface area contributed by atoms with Crippen LogP contribution >= 0.6 is 11.6 Å². The minimum Gasteiger partial charge on any atom is -0.496 e. The lowest BCUT2D eigenvalue weighted by Crippen LogP contribution is -1.97. The Balaban J connectivity index is 2.43. The number of methoxy groups -OCH3 is 1. The molecule has 0 saturated heterocycles. The summed E-state index contributed by atoms with van der Waals surface area (Å²) in [5, 5.41) is 9.80. The quantitative estimate of drug-likeness (QED) is 0.784. The van der Waals surface area contributed by atoms with E-state index in [0.29, 0.717) is 0 Å². The van der Waals surface area contributed by atoms with Gasteiger partial charge in [0, 0.05) is 16.5 Å². The molecule has 1 saturated carbocycles. The molecule has 2 nitrogen and oxygen atoms in total. The van der Waals surface area contributed by atoms with Gasteiger partial charge in [0.15, 0.2) is 0 Å². The Bertz CT molecular complexity index is 478. The molecule has 1 aromatic rings. The average molecular weight is 236 g/mol. The van der Waals surface area contributed by atoms with Crippen molar-refractivity contribution in [3.8, 4) is 11.8 Å². The normalized spacial score (nSPS) is 27.3. The van der Waals surface area contributed by atoms with Crippen LogP contribution in [-0.4, -0.2) is 7.11 Å². The van der Waals surface area contributed by atoms with E-state index in [1.165, 1.54) is 0 Å². The van der Waals surface area contributed by atoms with Gasteiger partial charge in [-0.2, -0.15) is 5.26 Å². The van der Waals surface area contributed by atoms with Crippen LogP contribution in [0.2, 0.25) is 5.02 Å². The molecule has 2 atom stereocenters. The third kappa shape index (κ3) is 1.66. The number of halogens is 1. The van der Waals surface area contributed by atoms with E-state index in [1.54, 1.807) is 7.11 Å². The molecule has 0 aromatic heterocycles. The third-order valence-electron chi connectivity index (χ3n) is 3.38. The zero-order chi connectivity index (χ0) is 11.9. The number of aryl methyl sites for hydroxylation is 1. The summed E-state index contributed by atoms with van der Waals surface area (Å²) >= 11 is 6.11. The van der Waals surface area contributed by atoms with E-state index < -0.39 is 0 Å². The van der Waals surface area contributed by atoms with Crippen LogP contribution < -0.4 is 4.74 Å². The van der Waals surface area contributed by atoms with Crippen LogP contribution in [0.25, 0.3) is 0 Å². The standard InChI is InChI=1S/C13H14ClNO/c1-8-4-12(16-3)9(5-11(8)14)10-6-13(10,2)7-15/h4-5,10H,6H2,1-3H3. The lowest BCUT2D eigenvalue weighted by atomic mass is 10.0. The molecular formula is C13H14ClNO. The van der Waals surface area contributed by atoms with Crippen molar-refractivity contribution in [2.45, 2.75) is 26.2 Å². The molecule has 0 N–H and O–H groups in total. The smallest absolute Gasteiger partial charge is 0.122 e. The fraction of sp³-hybridized carbons (Fsp3) is 0.462. The van der Waals surface area contributed by atoms with Gasteiger partial charge in [-0.1, -0.05) is 11.6 Å². The third-order valence-corrected chi connectivity index (χ3v) is 3.79. The molecule has 1 aromatic carbocycles. The van der Waals surface area contributed by atoms with Gasteiger partial charge in [0.05, 0.1) is 18.6 Å². The fourth-order valence-corrected chi connectivity index (χ4v) is 2.23. The predicted molar refractivity (Wildman–Crippen MR) is 63.8 cm³/mol. The molecule has 84 valence electrons. The predicted octanol–water partition coefficient (Wildman–Crippen LogP) is 3.67. The first-order valence-corrected chi connectivity index (χ1v) is 5.65. The Kier molecular flexibility index (Phi) is 2.59. The first-order valence-electron chi connectivity index (χ1n) is 5.27. The summed E-state index contributed by atoms with van der Waals surface area (Å²) in [6, 6.07) is 6.22. The van der Waals surface area contributed by atoms with Crippen molar-refractivity contribution in [2.24, 2.45) is 5.41 Å². The van der Waals surface area contributed by atoms with Crippen LogP contribution in [0, 0.1) is 23.7 Å². The summed E-state index contributed by atoms with van der Waals surface area (Å²) in [5.74, 6) is 1.09. The SMILES string of the molecule is COc1cc(C)c(Cl)cc1C1CC1(C)C#N. The minimum absolute atomic E-state index is 0.244. The highest BCUT2D eigenvalue weighted by Gasteiger charge is 2.52. The second-order valence-electron chi connectivity index (χ2n) is 4.63. The molecule has 1 aliphatic carbocycles. The van der Waals surface area contributed by atoms with Crippen molar-refractivity contribution in [2.75, 3.05) is 7.11 Å². The zero-order valence-corrected chi connectivity index (χ0v) is 10.4. The topological polar surface area (TPSA) is 33.0 Å². The molecule has 1 aliphatic rings. The van der Waals surface area contributed by atoms with Gasteiger partial charge < -0.3 is 4.74 Å². The molecule has 1 fully saturated rings. The molecule has 0 amide bonds. The first kappa shape index (κ1) is 11.3. The molecule has 0 bridgehead atoms. The summed E-state index contributed by atoms with van der Waals surface area (Å²) in [6.45, 7) is 3.93. The number of nitrogens with zero attached hydrogens (tertiary/aromatic N) is 1. The van der Waals surface area contributed by atoms with Gasteiger partial charge in [0.2, 0.25) is 0 Å². The summed E-state index contributed by atoms with van der Waals surface area (Å²) in [5.41, 5.74) is 1.81. The lowest BCUT2D eigenvalue weighted by molar-refractivity contribution is 0.408. The molecule has 0 radical (unpaired) electrons. The van der Waals surface area contributed by atoms with Crippen LogP contribution in [-0.2, 0) is 0 Å². The number of ether oxygens (including phenoxy) is 1. The first-order chi connectivity index (χ1) is 7.51. The second kappa shape index (κ2) is 3.68. The van der Waals surface area contributed by atoms with Crippen molar-refractivity contribution in [3.05, 3.63) is 28.3 Å². The minimum atomic E-state index is -0.244. The number of hydrogen-bond donors (Lipinski definition) is 0. The highest BCUT2D eigenvalue weighted by Crippen LogP contribution is 2.60. The van der Waals surface area contributed by atoms with E-state index in [-0.39, 0.29) is 11.3 Å². The summed E-state index contributed by atoms with van der Waals surface area (Å²) in [7, 11) is 1.65. The maximum absolute atomic E-state index is 9.06. The number of rotatable bonds is 2. The molecule has 0 heterocycles. The summed E-state index contributed by atoms with van der Waals surface area (Å²) < 4.78 is 5.35. The zero-order valence-electron chi connectivity index (χ0n) is 9.67. The molecule has 3 heteroatoms. The van der Waals surface area contributed by atoms with Crippen LogP contribution in [0.4, 0.5) is 0 Å². The molecule has 2 rings (SSSR count). The Morgan fingerprint density at radius 1 is 1.56 bits per heavy atom. The van der Waals surface area contributed by atoms with E-state index in [9.17, 15) is 0 Å². The van der Waals surface area contributed by atoms with Crippen molar-refractivity contribution in [1.29, 1.82) is 5.26 Å². The van der Waals surface area contributed by atoms with Crippen molar-refractivity contribution >= 4 is 11.6 Å². The number of nitriles is 1. The van der Waals surface area contributed by atoms with Gasteiger partial charge in [0.1, 0.15) is 5.75 Å². The van der Waals surface area contributed by atoms with Crippen LogP contribution in [0.15, 0.2) is 12.1 Å². The van der Waals surface area contributed by atoms with Crippen LogP contribution in [0.5, 0.6) is 5.75 Å². The number of benzene rings is 1. The lowest BCUT2D eigenvalue weighted by Gasteiger charge is -2.11. The van der Waals surface area contributed by atoms with Gasteiger partial charge in [0.25, 0.3) is 0 Å². The molecule has 2 unspecified atom stereocenters. The largest absolute Gasteiger partial charge is 0.496 e. The Morgan fingerprint density at radius 2 is 2.25 bits per heavy atom. The summed E-state index contributed by atoms with van der Waals surface area (Å²) in [4.78, 5) is 0. The maximum Gasteiger partial charge on any atom is 0.122 e. The monoisotopic (exact) mass is 235 g/mol. The molecule has 0 spiro atoms. The van der Waals surface area contributed by atoms with Crippen LogP contribution in [0.1, 0.15) is 30.4 Å². The van der Waals surface area contributed by atoms with Gasteiger partial charge >= 0.3 is 0 Å². The average Bonchev–Trinajstić information content (AvgIpc) is 2.95. The van der Waals surface area contributed by atoms with E-state index in [2.05, 4.69) is 6.07 Å². The van der Waals surface area contributed by atoms with Gasteiger partial charge in [-0.3, -0.25) is 0 Å². The van der Waals surface area contributed by atoms with Gasteiger partial charge in [-0.25, -0.2) is 0 Å². The van der Waals surface area contributed by atoms with Crippen molar-refractivity contribution < 1.29 is 4.74 Å². The van der Waals surface area contributed by atoms with E-state index in [0.717, 1.165) is 28.3 Å².